The van der Waals surface area contributed by atoms with Crippen LogP contribution >= 0.6 is 27.5 Å². The molecule has 0 atom stereocenters. The van der Waals surface area contributed by atoms with Gasteiger partial charge in [0, 0.05) is 17.4 Å². The van der Waals surface area contributed by atoms with E-state index in [1.165, 1.54) is 12.1 Å². The van der Waals surface area contributed by atoms with Gasteiger partial charge >= 0.3 is 5.97 Å². The number of carboxylic acids is 1. The summed E-state index contributed by atoms with van der Waals surface area (Å²) in [6.45, 7) is 0.670. The number of carbonyl (C=O) groups is 1. The van der Waals surface area contributed by atoms with Gasteiger partial charge < -0.3 is 10.4 Å². The maximum atomic E-state index is 13.0. The van der Waals surface area contributed by atoms with E-state index < -0.39 is 5.97 Å². The molecule has 0 heterocycles. The van der Waals surface area contributed by atoms with Crippen molar-refractivity contribution >= 4 is 39.2 Å². The Morgan fingerprint density at radius 1 is 1.39 bits per heavy atom. The molecule has 0 unspecified atom stereocenters. The van der Waals surface area contributed by atoms with Gasteiger partial charge in [0.25, 0.3) is 0 Å². The molecule has 3 nitrogen and oxygen atoms in total. The number of benzene rings is 1. The van der Waals surface area contributed by atoms with E-state index in [1.807, 2.05) is 0 Å². The minimum Gasteiger partial charge on any atom is -0.481 e. The van der Waals surface area contributed by atoms with E-state index in [-0.39, 0.29) is 12.2 Å². The predicted octanol–water partition coefficient (Wildman–Crippen LogP) is 4.30. The van der Waals surface area contributed by atoms with E-state index in [1.54, 1.807) is 0 Å². The molecule has 0 saturated carbocycles. The molecular formula is C12H14BrClFNO2. The van der Waals surface area contributed by atoms with Crippen LogP contribution in [0, 0.1) is 5.82 Å². The standard InChI is InChI=1S/C12H14BrClFNO2/c13-9-6-8(15)7-10(14)12(9)16-5-3-1-2-4-11(17)18/h6-7,16H,1-5H2,(H,17,18). The lowest BCUT2D eigenvalue weighted by Crippen LogP contribution is -2.03. The number of aliphatic carboxylic acids is 1. The molecule has 1 rings (SSSR count). The molecule has 0 spiro atoms. The number of rotatable bonds is 7. The number of anilines is 1. The third-order valence-electron chi connectivity index (χ3n) is 2.38. The number of hydrogen-bond acceptors (Lipinski definition) is 2. The Kier molecular flexibility index (Phi) is 6.43. The second-order valence-corrected chi connectivity index (χ2v) is 5.14. The number of carboxylic acid groups (broad SMARTS) is 1. The highest BCUT2D eigenvalue weighted by molar-refractivity contribution is 9.10. The van der Waals surface area contributed by atoms with Gasteiger partial charge in [0.2, 0.25) is 0 Å². The van der Waals surface area contributed by atoms with Crippen LogP contribution in [0.1, 0.15) is 25.7 Å². The third kappa shape index (κ3) is 5.23. The first-order valence-corrected chi connectivity index (χ1v) is 6.78. The molecule has 0 fully saturated rings. The Hall–Kier alpha value is -0.810. The second kappa shape index (κ2) is 7.59. The van der Waals surface area contributed by atoms with E-state index >= 15 is 0 Å². The second-order valence-electron chi connectivity index (χ2n) is 3.88. The van der Waals surface area contributed by atoms with Crippen LogP contribution in [-0.2, 0) is 4.79 Å². The van der Waals surface area contributed by atoms with Crippen molar-refractivity contribution < 1.29 is 14.3 Å². The summed E-state index contributed by atoms with van der Waals surface area (Å²) in [6.07, 6.45) is 2.53. The van der Waals surface area contributed by atoms with Gasteiger partial charge in [-0.1, -0.05) is 18.0 Å². The van der Waals surface area contributed by atoms with Crippen LogP contribution in [0.25, 0.3) is 0 Å². The summed E-state index contributed by atoms with van der Waals surface area (Å²) in [7, 11) is 0. The molecule has 0 radical (unpaired) electrons. The van der Waals surface area contributed by atoms with Crippen molar-refractivity contribution in [2.45, 2.75) is 25.7 Å². The third-order valence-corrected chi connectivity index (χ3v) is 3.30. The normalized spacial score (nSPS) is 10.4. The van der Waals surface area contributed by atoms with Crippen LogP contribution in [0.3, 0.4) is 0 Å². The van der Waals surface area contributed by atoms with E-state index in [0.717, 1.165) is 12.8 Å². The molecule has 0 aliphatic heterocycles. The highest BCUT2D eigenvalue weighted by Crippen LogP contribution is 2.31. The van der Waals surface area contributed by atoms with Crippen molar-refractivity contribution in [3.05, 3.63) is 27.4 Å². The van der Waals surface area contributed by atoms with Crippen LogP contribution in [0.15, 0.2) is 16.6 Å². The van der Waals surface area contributed by atoms with Gasteiger partial charge in [-0.3, -0.25) is 4.79 Å². The molecule has 0 aliphatic carbocycles. The summed E-state index contributed by atoms with van der Waals surface area (Å²) in [5.41, 5.74) is 0.663. The Bertz CT molecular complexity index is 406. The minimum atomic E-state index is -0.771. The van der Waals surface area contributed by atoms with Gasteiger partial charge in [0.15, 0.2) is 0 Å². The summed E-state index contributed by atoms with van der Waals surface area (Å²) in [5, 5.41) is 11.9. The van der Waals surface area contributed by atoms with Crippen molar-refractivity contribution in [2.24, 2.45) is 0 Å². The molecular weight excluding hydrogens is 324 g/mol. The number of nitrogens with one attached hydrogen (secondary N) is 1. The van der Waals surface area contributed by atoms with Gasteiger partial charge in [-0.15, -0.1) is 0 Å². The summed E-state index contributed by atoms with van der Waals surface area (Å²) >= 11 is 9.14. The Balaban J connectivity index is 2.33. The van der Waals surface area contributed by atoms with Crippen molar-refractivity contribution in [3.63, 3.8) is 0 Å². The van der Waals surface area contributed by atoms with Crippen molar-refractivity contribution in [1.29, 1.82) is 0 Å². The summed E-state index contributed by atoms with van der Waals surface area (Å²) in [5.74, 6) is -1.16. The van der Waals surface area contributed by atoms with E-state index in [2.05, 4.69) is 21.2 Å². The van der Waals surface area contributed by atoms with Gasteiger partial charge in [0.05, 0.1) is 10.7 Å². The van der Waals surface area contributed by atoms with Crippen LogP contribution < -0.4 is 5.32 Å². The van der Waals surface area contributed by atoms with Gasteiger partial charge in [0.1, 0.15) is 5.82 Å². The van der Waals surface area contributed by atoms with Crippen LogP contribution in [0.4, 0.5) is 10.1 Å². The first kappa shape index (κ1) is 15.2. The lowest BCUT2D eigenvalue weighted by molar-refractivity contribution is -0.137. The number of unbranched alkanes of at least 4 members (excludes halogenated alkanes) is 2. The largest absolute Gasteiger partial charge is 0.481 e. The molecule has 100 valence electrons. The maximum Gasteiger partial charge on any atom is 0.303 e. The first-order valence-electron chi connectivity index (χ1n) is 5.61. The van der Waals surface area contributed by atoms with Crippen molar-refractivity contribution in [2.75, 3.05) is 11.9 Å². The Morgan fingerprint density at radius 2 is 2.11 bits per heavy atom. The molecule has 0 bridgehead atoms. The zero-order valence-corrected chi connectivity index (χ0v) is 12.0. The molecule has 0 amide bonds. The Morgan fingerprint density at radius 3 is 2.72 bits per heavy atom. The lowest BCUT2D eigenvalue weighted by Gasteiger charge is -2.10. The van der Waals surface area contributed by atoms with Crippen LogP contribution in [0.5, 0.6) is 0 Å². The molecule has 1 aromatic rings. The molecule has 0 aromatic heterocycles. The molecule has 0 aliphatic rings. The first-order chi connectivity index (χ1) is 8.50. The lowest BCUT2D eigenvalue weighted by atomic mass is 10.2. The molecule has 2 N–H and O–H groups in total. The maximum absolute atomic E-state index is 13.0. The minimum absolute atomic E-state index is 0.195. The highest BCUT2D eigenvalue weighted by Gasteiger charge is 2.07. The van der Waals surface area contributed by atoms with Crippen molar-refractivity contribution in [1.82, 2.24) is 0 Å². The van der Waals surface area contributed by atoms with Gasteiger partial charge in [-0.25, -0.2) is 4.39 Å². The molecule has 0 saturated heterocycles. The number of hydrogen-bond donors (Lipinski definition) is 2. The smallest absolute Gasteiger partial charge is 0.303 e. The summed E-state index contributed by atoms with van der Waals surface area (Å²) in [4.78, 5) is 10.3. The zero-order valence-electron chi connectivity index (χ0n) is 9.68. The van der Waals surface area contributed by atoms with E-state index in [4.69, 9.17) is 16.7 Å². The average molecular weight is 339 g/mol. The topological polar surface area (TPSA) is 49.3 Å². The van der Waals surface area contributed by atoms with Crippen LogP contribution in [0.2, 0.25) is 5.02 Å². The fourth-order valence-electron chi connectivity index (χ4n) is 1.50. The van der Waals surface area contributed by atoms with Gasteiger partial charge in [-0.2, -0.15) is 0 Å². The highest BCUT2D eigenvalue weighted by atomic mass is 79.9. The van der Waals surface area contributed by atoms with E-state index in [9.17, 15) is 9.18 Å². The number of halogens is 3. The average Bonchev–Trinajstić information content (AvgIpc) is 2.25. The molecule has 1 aromatic carbocycles. The van der Waals surface area contributed by atoms with Crippen molar-refractivity contribution in [3.8, 4) is 0 Å². The Labute approximate surface area is 118 Å². The van der Waals surface area contributed by atoms with Gasteiger partial charge in [-0.05, 0) is 40.9 Å². The quantitative estimate of drug-likeness (QED) is 0.729. The molecule has 18 heavy (non-hydrogen) atoms. The van der Waals surface area contributed by atoms with Crippen LogP contribution in [-0.4, -0.2) is 17.6 Å². The zero-order chi connectivity index (χ0) is 13.5. The summed E-state index contributed by atoms with van der Waals surface area (Å²) < 4.78 is 13.6. The monoisotopic (exact) mass is 337 g/mol. The van der Waals surface area contributed by atoms with E-state index in [0.29, 0.717) is 28.1 Å². The summed E-state index contributed by atoms with van der Waals surface area (Å²) in [6, 6.07) is 2.59. The fourth-order valence-corrected chi connectivity index (χ4v) is 2.46. The SMILES string of the molecule is O=C(O)CCCCCNc1c(Cl)cc(F)cc1Br. The predicted molar refractivity (Wildman–Crippen MR) is 73.7 cm³/mol. The molecule has 6 heteroatoms. The fraction of sp³-hybridized carbons (Fsp3) is 0.417.